The van der Waals surface area contributed by atoms with E-state index in [-0.39, 0.29) is 18.4 Å². The molecule has 0 spiro atoms. The molecule has 20 heavy (non-hydrogen) atoms. The summed E-state index contributed by atoms with van der Waals surface area (Å²) in [7, 11) is 0. The lowest BCUT2D eigenvalue weighted by molar-refractivity contribution is -0.120. The number of piperidine rings is 1. The maximum Gasteiger partial charge on any atom is 0.228 e. The van der Waals surface area contributed by atoms with Crippen molar-refractivity contribution < 1.29 is 9.90 Å². The van der Waals surface area contributed by atoms with E-state index in [1.54, 1.807) is 18.0 Å². The zero-order valence-corrected chi connectivity index (χ0v) is 12.3. The first-order valence-corrected chi connectivity index (χ1v) is 8.10. The lowest BCUT2D eigenvalue weighted by atomic mass is 9.97. The Bertz CT molecular complexity index is 436. The topological polar surface area (TPSA) is 74.2 Å². The van der Waals surface area contributed by atoms with Crippen LogP contribution in [0.4, 0.5) is 5.82 Å². The van der Waals surface area contributed by atoms with Crippen LogP contribution < -0.4 is 10.6 Å². The van der Waals surface area contributed by atoms with Gasteiger partial charge in [0, 0.05) is 23.6 Å². The first-order chi connectivity index (χ1) is 9.79. The third kappa shape index (κ3) is 4.77. The summed E-state index contributed by atoms with van der Waals surface area (Å²) in [6.07, 6.45) is 3.49. The molecule has 6 heteroatoms. The molecule has 5 nitrogen and oxygen atoms in total. The predicted molar refractivity (Wildman–Crippen MR) is 81.7 cm³/mol. The molecule has 1 aromatic rings. The minimum absolute atomic E-state index is 0.0687. The van der Waals surface area contributed by atoms with E-state index in [9.17, 15) is 4.79 Å². The largest absolute Gasteiger partial charge is 0.396 e. The number of carbonyl (C=O) groups is 1. The van der Waals surface area contributed by atoms with E-state index >= 15 is 0 Å². The molecule has 1 saturated heterocycles. The summed E-state index contributed by atoms with van der Waals surface area (Å²) in [6.45, 7) is 2.00. The number of carbonyl (C=O) groups excluding carboxylic acids is 1. The number of amides is 1. The van der Waals surface area contributed by atoms with E-state index in [0.717, 1.165) is 43.0 Å². The van der Waals surface area contributed by atoms with Gasteiger partial charge in [-0.15, -0.1) is 0 Å². The summed E-state index contributed by atoms with van der Waals surface area (Å²) in [5, 5.41) is 14.9. The molecule has 0 saturated carbocycles. The summed E-state index contributed by atoms with van der Waals surface area (Å²) >= 11 is 1.66. The number of thioether (sulfide) groups is 1. The van der Waals surface area contributed by atoms with Crippen LogP contribution in [0.1, 0.15) is 18.4 Å². The second-order valence-electron chi connectivity index (χ2n) is 4.84. The Labute approximate surface area is 123 Å². The molecule has 3 N–H and O–H groups in total. The third-order valence-electron chi connectivity index (χ3n) is 3.29. The molecular weight excluding hydrogens is 274 g/mol. The van der Waals surface area contributed by atoms with Gasteiger partial charge >= 0.3 is 0 Å². The maximum atomic E-state index is 12.1. The van der Waals surface area contributed by atoms with Crippen LogP contribution in [0.25, 0.3) is 0 Å². The van der Waals surface area contributed by atoms with Gasteiger partial charge in [0.25, 0.3) is 0 Å². The van der Waals surface area contributed by atoms with Crippen molar-refractivity contribution in [3.8, 4) is 0 Å². The fraction of sp³-hybridized carbons (Fsp3) is 0.571. The highest BCUT2D eigenvalue weighted by molar-refractivity contribution is 7.98. The lowest BCUT2D eigenvalue weighted by Gasteiger charge is -2.21. The summed E-state index contributed by atoms with van der Waals surface area (Å²) in [4.78, 5) is 16.3. The molecule has 0 bridgehead atoms. The maximum absolute atomic E-state index is 12.1. The Morgan fingerprint density at radius 1 is 1.50 bits per heavy atom. The van der Waals surface area contributed by atoms with Crippen molar-refractivity contribution in [1.82, 2.24) is 10.3 Å². The van der Waals surface area contributed by atoms with Crippen molar-refractivity contribution in [2.75, 3.05) is 30.8 Å². The fourth-order valence-corrected chi connectivity index (χ4v) is 2.89. The Balaban J connectivity index is 1.88. The fourth-order valence-electron chi connectivity index (χ4n) is 2.20. The molecule has 0 radical (unpaired) electrons. The molecule has 2 rings (SSSR count). The molecule has 1 fully saturated rings. The second-order valence-corrected chi connectivity index (χ2v) is 5.94. The molecule has 0 aliphatic carbocycles. The normalized spacial score (nSPS) is 16.1. The van der Waals surface area contributed by atoms with E-state index in [2.05, 4.69) is 15.6 Å². The van der Waals surface area contributed by atoms with Crippen LogP contribution in [0.2, 0.25) is 0 Å². The van der Waals surface area contributed by atoms with E-state index in [4.69, 9.17) is 5.11 Å². The van der Waals surface area contributed by atoms with Gasteiger partial charge < -0.3 is 15.7 Å². The molecule has 1 amide bonds. The van der Waals surface area contributed by atoms with Crippen LogP contribution in [0, 0.1) is 5.92 Å². The zero-order valence-electron chi connectivity index (χ0n) is 11.5. The number of hydrogen-bond donors (Lipinski definition) is 3. The van der Waals surface area contributed by atoms with Crippen LogP contribution >= 0.6 is 11.8 Å². The standard InChI is InChI=1S/C14H21N3O2S/c18-7-8-20-10-11-1-6-16-13(9-11)17-14(19)12-2-4-15-5-3-12/h1,6,9,12,15,18H,2-5,7-8,10H2,(H,16,17,19). The molecule has 1 aromatic heterocycles. The summed E-state index contributed by atoms with van der Waals surface area (Å²) in [5.41, 5.74) is 1.11. The number of hydrogen-bond acceptors (Lipinski definition) is 5. The smallest absolute Gasteiger partial charge is 0.228 e. The molecule has 1 aliphatic heterocycles. The SMILES string of the molecule is O=C(Nc1cc(CSCCO)ccn1)C1CCNCC1. The van der Waals surface area contributed by atoms with Gasteiger partial charge in [0.15, 0.2) is 0 Å². The van der Waals surface area contributed by atoms with Crippen LogP contribution in [0.3, 0.4) is 0 Å². The molecule has 0 atom stereocenters. The van der Waals surface area contributed by atoms with Gasteiger partial charge in [-0.3, -0.25) is 4.79 Å². The van der Waals surface area contributed by atoms with Crippen molar-refractivity contribution in [1.29, 1.82) is 0 Å². The monoisotopic (exact) mass is 295 g/mol. The van der Waals surface area contributed by atoms with Crippen LogP contribution in [0.15, 0.2) is 18.3 Å². The van der Waals surface area contributed by atoms with E-state index < -0.39 is 0 Å². The summed E-state index contributed by atoms with van der Waals surface area (Å²) < 4.78 is 0. The van der Waals surface area contributed by atoms with Gasteiger partial charge in [-0.05, 0) is 43.6 Å². The van der Waals surface area contributed by atoms with Crippen molar-refractivity contribution in [3.63, 3.8) is 0 Å². The number of nitrogens with one attached hydrogen (secondary N) is 2. The van der Waals surface area contributed by atoms with Gasteiger partial charge in [0.2, 0.25) is 5.91 Å². The van der Waals surface area contributed by atoms with E-state index in [1.165, 1.54) is 0 Å². The number of aliphatic hydroxyl groups excluding tert-OH is 1. The van der Waals surface area contributed by atoms with Gasteiger partial charge in [-0.2, -0.15) is 11.8 Å². The number of rotatable bonds is 6. The average molecular weight is 295 g/mol. The van der Waals surface area contributed by atoms with Crippen LogP contribution in [-0.4, -0.2) is 41.4 Å². The van der Waals surface area contributed by atoms with Gasteiger partial charge in [0.05, 0.1) is 6.61 Å². The van der Waals surface area contributed by atoms with E-state index in [0.29, 0.717) is 5.82 Å². The Morgan fingerprint density at radius 2 is 2.30 bits per heavy atom. The highest BCUT2D eigenvalue weighted by Gasteiger charge is 2.21. The third-order valence-corrected chi connectivity index (χ3v) is 4.30. The second kappa shape index (κ2) is 8.24. The minimum Gasteiger partial charge on any atom is -0.396 e. The number of aromatic nitrogens is 1. The lowest BCUT2D eigenvalue weighted by Crippen LogP contribution is -2.34. The molecular formula is C14H21N3O2S. The number of anilines is 1. The van der Waals surface area contributed by atoms with E-state index in [1.807, 2.05) is 12.1 Å². The highest BCUT2D eigenvalue weighted by atomic mass is 32.2. The van der Waals surface area contributed by atoms with Gasteiger partial charge in [-0.25, -0.2) is 4.98 Å². The summed E-state index contributed by atoms with van der Waals surface area (Å²) in [5.74, 6) is 2.32. The summed E-state index contributed by atoms with van der Waals surface area (Å²) in [6, 6.07) is 3.84. The molecule has 1 aliphatic rings. The van der Waals surface area contributed by atoms with Crippen molar-refractivity contribution in [2.45, 2.75) is 18.6 Å². The van der Waals surface area contributed by atoms with Crippen LogP contribution in [0.5, 0.6) is 0 Å². The average Bonchev–Trinajstić information content (AvgIpc) is 2.49. The quantitative estimate of drug-likeness (QED) is 0.689. The molecule has 0 unspecified atom stereocenters. The first kappa shape index (κ1) is 15.3. The Hall–Kier alpha value is -1.11. The zero-order chi connectivity index (χ0) is 14.2. The van der Waals surface area contributed by atoms with Crippen molar-refractivity contribution in [2.24, 2.45) is 5.92 Å². The Kier molecular flexibility index (Phi) is 6.29. The van der Waals surface area contributed by atoms with Crippen molar-refractivity contribution >= 4 is 23.5 Å². The first-order valence-electron chi connectivity index (χ1n) is 6.94. The van der Waals surface area contributed by atoms with Gasteiger partial charge in [-0.1, -0.05) is 0 Å². The molecule has 110 valence electrons. The predicted octanol–water partition coefficient (Wildman–Crippen LogP) is 1.25. The number of nitrogens with zero attached hydrogens (tertiary/aromatic N) is 1. The number of pyridine rings is 1. The van der Waals surface area contributed by atoms with Gasteiger partial charge in [0.1, 0.15) is 5.82 Å². The molecule has 2 heterocycles. The molecule has 0 aromatic carbocycles. The Morgan fingerprint density at radius 3 is 3.05 bits per heavy atom. The van der Waals surface area contributed by atoms with Crippen molar-refractivity contribution in [3.05, 3.63) is 23.9 Å². The highest BCUT2D eigenvalue weighted by Crippen LogP contribution is 2.17. The minimum atomic E-state index is 0.0687. The van der Waals surface area contributed by atoms with Crippen LogP contribution in [-0.2, 0) is 10.5 Å². The number of aliphatic hydroxyl groups is 1.